The summed E-state index contributed by atoms with van der Waals surface area (Å²) in [6.45, 7) is 3.67. The van der Waals surface area contributed by atoms with E-state index in [1.54, 1.807) is 19.2 Å². The maximum Gasteiger partial charge on any atom is 0.416 e. The first-order chi connectivity index (χ1) is 17.4. The smallest absolute Gasteiger partial charge is 0.416 e. The average molecular weight is 499 g/mol. The van der Waals surface area contributed by atoms with Gasteiger partial charge in [0.2, 0.25) is 11.8 Å². The van der Waals surface area contributed by atoms with Crippen LogP contribution in [0.1, 0.15) is 41.6 Å². The van der Waals surface area contributed by atoms with E-state index < -0.39 is 11.7 Å². The first-order valence-corrected chi connectivity index (χ1v) is 12.2. The molecule has 190 valence electrons. The summed E-state index contributed by atoms with van der Waals surface area (Å²) in [6.07, 6.45) is -0.183. The SMILES string of the molecule is COc1ccccc1Oc1nc(N2CCCCC2)nc2c1CN(Cc1ccc(C(F)(F)F)cc1)CC2. The Hall–Kier alpha value is -3.33. The molecule has 9 heteroatoms. The number of aromatic nitrogens is 2. The van der Waals surface area contributed by atoms with Crippen LogP contribution in [-0.2, 0) is 25.7 Å². The molecule has 0 unspecified atom stereocenters. The summed E-state index contributed by atoms with van der Waals surface area (Å²) in [7, 11) is 1.60. The van der Waals surface area contributed by atoms with Gasteiger partial charge in [-0.1, -0.05) is 24.3 Å². The minimum Gasteiger partial charge on any atom is -0.493 e. The lowest BCUT2D eigenvalue weighted by Crippen LogP contribution is -2.34. The monoisotopic (exact) mass is 498 g/mol. The molecule has 0 radical (unpaired) electrons. The van der Waals surface area contributed by atoms with Gasteiger partial charge in [-0.05, 0) is 49.1 Å². The van der Waals surface area contributed by atoms with Gasteiger partial charge in [0.05, 0.1) is 23.9 Å². The van der Waals surface area contributed by atoms with E-state index in [4.69, 9.17) is 19.4 Å². The zero-order valence-electron chi connectivity index (χ0n) is 20.2. The van der Waals surface area contributed by atoms with Gasteiger partial charge in [-0.15, -0.1) is 0 Å². The molecule has 2 aliphatic rings. The minimum absolute atomic E-state index is 0.502. The second-order valence-electron chi connectivity index (χ2n) is 9.21. The van der Waals surface area contributed by atoms with Crippen LogP contribution < -0.4 is 14.4 Å². The van der Waals surface area contributed by atoms with Crippen LogP contribution in [0, 0.1) is 0 Å². The largest absolute Gasteiger partial charge is 0.493 e. The van der Waals surface area contributed by atoms with E-state index >= 15 is 0 Å². The van der Waals surface area contributed by atoms with Crippen LogP contribution in [-0.4, -0.2) is 41.6 Å². The summed E-state index contributed by atoms with van der Waals surface area (Å²) in [5.74, 6) is 2.38. The van der Waals surface area contributed by atoms with Gasteiger partial charge >= 0.3 is 6.18 Å². The number of nitrogens with zero attached hydrogens (tertiary/aromatic N) is 4. The molecule has 6 nitrogen and oxygen atoms in total. The lowest BCUT2D eigenvalue weighted by molar-refractivity contribution is -0.137. The molecule has 1 aromatic heterocycles. The second-order valence-corrected chi connectivity index (χ2v) is 9.21. The molecule has 5 rings (SSSR count). The number of para-hydroxylation sites is 2. The van der Waals surface area contributed by atoms with Crippen molar-refractivity contribution < 1.29 is 22.6 Å². The Labute approximate surface area is 208 Å². The van der Waals surface area contributed by atoms with Gasteiger partial charge in [0, 0.05) is 39.1 Å². The molecule has 36 heavy (non-hydrogen) atoms. The van der Waals surface area contributed by atoms with E-state index in [0.29, 0.717) is 42.8 Å². The van der Waals surface area contributed by atoms with Crippen LogP contribution in [0.15, 0.2) is 48.5 Å². The predicted molar refractivity (Wildman–Crippen MR) is 130 cm³/mol. The summed E-state index contributed by atoms with van der Waals surface area (Å²) in [5, 5.41) is 0. The highest BCUT2D eigenvalue weighted by Gasteiger charge is 2.30. The number of hydrogen-bond donors (Lipinski definition) is 0. The Morgan fingerprint density at radius 2 is 1.61 bits per heavy atom. The molecule has 0 atom stereocenters. The van der Waals surface area contributed by atoms with Gasteiger partial charge in [0.15, 0.2) is 11.5 Å². The number of alkyl halides is 3. The van der Waals surface area contributed by atoms with Crippen molar-refractivity contribution in [3.8, 4) is 17.4 Å². The third-order valence-electron chi connectivity index (χ3n) is 6.69. The Morgan fingerprint density at radius 3 is 2.31 bits per heavy atom. The van der Waals surface area contributed by atoms with Crippen molar-refractivity contribution in [3.63, 3.8) is 0 Å². The second kappa shape index (κ2) is 10.3. The number of piperidine rings is 1. The Morgan fingerprint density at radius 1 is 0.889 bits per heavy atom. The van der Waals surface area contributed by atoms with Gasteiger partial charge in [-0.25, -0.2) is 4.98 Å². The number of ether oxygens (including phenoxy) is 2. The molecule has 0 bridgehead atoms. The molecule has 0 saturated carbocycles. The lowest BCUT2D eigenvalue weighted by Gasteiger charge is -2.32. The number of rotatable bonds is 6. The number of fused-ring (bicyclic) bond motifs is 1. The predicted octanol–water partition coefficient (Wildman–Crippen LogP) is 5.84. The van der Waals surface area contributed by atoms with Gasteiger partial charge in [0.1, 0.15) is 0 Å². The normalized spacial score (nSPS) is 16.5. The Kier molecular flexibility index (Phi) is 7.00. The van der Waals surface area contributed by atoms with Crippen molar-refractivity contribution >= 4 is 5.95 Å². The maximum atomic E-state index is 12.9. The summed E-state index contributed by atoms with van der Waals surface area (Å²) in [6, 6.07) is 12.8. The zero-order valence-corrected chi connectivity index (χ0v) is 20.2. The Bertz CT molecular complexity index is 1190. The third kappa shape index (κ3) is 5.41. The molecule has 0 aliphatic carbocycles. The summed E-state index contributed by atoms with van der Waals surface area (Å²) in [5.41, 5.74) is 2.05. The molecule has 2 aromatic carbocycles. The molecule has 0 spiro atoms. The number of benzene rings is 2. The van der Waals surface area contributed by atoms with Gasteiger partial charge < -0.3 is 14.4 Å². The van der Waals surface area contributed by atoms with E-state index in [9.17, 15) is 13.2 Å². The highest BCUT2D eigenvalue weighted by molar-refractivity contribution is 5.47. The third-order valence-corrected chi connectivity index (χ3v) is 6.69. The van der Waals surface area contributed by atoms with Crippen molar-refractivity contribution in [1.29, 1.82) is 0 Å². The van der Waals surface area contributed by atoms with Crippen molar-refractivity contribution in [2.75, 3.05) is 31.6 Å². The van der Waals surface area contributed by atoms with E-state index in [1.807, 2.05) is 24.3 Å². The zero-order chi connectivity index (χ0) is 25.1. The topological polar surface area (TPSA) is 50.7 Å². The summed E-state index contributed by atoms with van der Waals surface area (Å²) in [4.78, 5) is 14.2. The van der Waals surface area contributed by atoms with Crippen LogP contribution in [0.25, 0.3) is 0 Å². The van der Waals surface area contributed by atoms with Crippen molar-refractivity contribution in [2.45, 2.75) is 44.9 Å². The van der Waals surface area contributed by atoms with Crippen LogP contribution >= 0.6 is 0 Å². The first-order valence-electron chi connectivity index (χ1n) is 12.2. The fraction of sp³-hybridized carbons (Fsp3) is 0.407. The summed E-state index contributed by atoms with van der Waals surface area (Å²) >= 11 is 0. The highest BCUT2D eigenvalue weighted by atomic mass is 19.4. The fourth-order valence-electron chi connectivity index (χ4n) is 4.75. The Balaban J connectivity index is 1.42. The van der Waals surface area contributed by atoms with Crippen molar-refractivity contribution in [3.05, 3.63) is 70.9 Å². The van der Waals surface area contributed by atoms with Gasteiger partial charge in [-0.3, -0.25) is 4.90 Å². The van der Waals surface area contributed by atoms with Crippen LogP contribution in [0.2, 0.25) is 0 Å². The van der Waals surface area contributed by atoms with E-state index in [1.165, 1.54) is 6.42 Å². The quantitative estimate of drug-likeness (QED) is 0.425. The summed E-state index contributed by atoms with van der Waals surface area (Å²) < 4.78 is 50.6. The number of anilines is 1. The van der Waals surface area contributed by atoms with Crippen molar-refractivity contribution in [2.24, 2.45) is 0 Å². The molecule has 1 saturated heterocycles. The van der Waals surface area contributed by atoms with Gasteiger partial charge in [-0.2, -0.15) is 18.2 Å². The maximum absolute atomic E-state index is 12.9. The molecular weight excluding hydrogens is 469 g/mol. The van der Waals surface area contributed by atoms with E-state index in [0.717, 1.165) is 61.4 Å². The molecule has 0 N–H and O–H groups in total. The van der Waals surface area contributed by atoms with Crippen LogP contribution in [0.4, 0.5) is 19.1 Å². The van der Waals surface area contributed by atoms with Gasteiger partial charge in [0.25, 0.3) is 0 Å². The molecule has 2 aliphatic heterocycles. The molecule has 0 amide bonds. The lowest BCUT2D eigenvalue weighted by atomic mass is 10.0. The number of halogens is 3. The fourth-order valence-corrected chi connectivity index (χ4v) is 4.75. The van der Waals surface area contributed by atoms with E-state index in [-0.39, 0.29) is 0 Å². The molecule has 3 heterocycles. The molecular formula is C27H29F3N4O2. The molecule has 1 fully saturated rings. The van der Waals surface area contributed by atoms with Crippen LogP contribution in [0.3, 0.4) is 0 Å². The highest BCUT2D eigenvalue weighted by Crippen LogP contribution is 2.36. The number of hydrogen-bond acceptors (Lipinski definition) is 6. The first kappa shape index (κ1) is 24.4. The minimum atomic E-state index is -4.34. The number of methoxy groups -OCH3 is 1. The average Bonchev–Trinajstić information content (AvgIpc) is 2.89. The van der Waals surface area contributed by atoms with E-state index in [2.05, 4.69) is 9.80 Å². The van der Waals surface area contributed by atoms with Crippen LogP contribution in [0.5, 0.6) is 17.4 Å². The standard InChI is InChI=1S/C27H29F3N4O2/c1-35-23-7-3-4-8-24(23)36-25-21-18-33(17-19-9-11-20(12-10-19)27(28,29)30)16-13-22(21)31-26(32-25)34-14-5-2-6-15-34/h3-4,7-12H,2,5-6,13-18H2,1H3. The van der Waals surface area contributed by atoms with Crippen molar-refractivity contribution in [1.82, 2.24) is 14.9 Å². The molecule has 3 aromatic rings.